The van der Waals surface area contributed by atoms with Gasteiger partial charge >= 0.3 is 0 Å². The Bertz CT molecular complexity index is 508. The number of anilines is 1. The van der Waals surface area contributed by atoms with Gasteiger partial charge in [0.15, 0.2) is 0 Å². The van der Waals surface area contributed by atoms with E-state index >= 15 is 0 Å². The highest BCUT2D eigenvalue weighted by Crippen LogP contribution is 2.32. The topological polar surface area (TPSA) is 37.4 Å². The van der Waals surface area contributed by atoms with Gasteiger partial charge in [-0.1, -0.05) is 25.1 Å². The van der Waals surface area contributed by atoms with Crippen LogP contribution in [-0.2, 0) is 16.4 Å². The van der Waals surface area contributed by atoms with Gasteiger partial charge in [0.25, 0.3) is 0 Å². The number of benzene rings is 1. The van der Waals surface area contributed by atoms with E-state index in [2.05, 4.69) is 0 Å². The summed E-state index contributed by atoms with van der Waals surface area (Å²) in [5.74, 6) is 0.237. The van der Waals surface area contributed by atoms with Crippen molar-refractivity contribution in [3.63, 3.8) is 0 Å². The molecule has 1 heterocycles. The smallest absolute Gasteiger partial charge is 0.235 e. The van der Waals surface area contributed by atoms with E-state index in [1.54, 1.807) is 4.31 Å². The largest absolute Gasteiger partial charge is 0.270 e. The summed E-state index contributed by atoms with van der Waals surface area (Å²) in [6.45, 7) is 4.51. The van der Waals surface area contributed by atoms with Gasteiger partial charge in [0.05, 0.1) is 11.4 Å². The van der Waals surface area contributed by atoms with Gasteiger partial charge in [-0.3, -0.25) is 4.31 Å². The monoisotopic (exact) mass is 253 g/mol. The van der Waals surface area contributed by atoms with E-state index in [-0.39, 0.29) is 5.75 Å². The zero-order chi connectivity index (χ0) is 12.5. The molecular weight excluding hydrogens is 234 g/mol. The third kappa shape index (κ3) is 2.32. The molecule has 3 nitrogen and oxygen atoms in total. The van der Waals surface area contributed by atoms with Gasteiger partial charge in [-0.2, -0.15) is 0 Å². The predicted molar refractivity (Wildman–Crippen MR) is 70.9 cm³/mol. The Balaban J connectivity index is 2.48. The molecule has 0 bridgehead atoms. The molecule has 1 aliphatic heterocycles. The number of nitrogens with zero attached hydrogens (tertiary/aromatic N) is 1. The molecule has 2 rings (SSSR count). The quantitative estimate of drug-likeness (QED) is 0.830. The summed E-state index contributed by atoms with van der Waals surface area (Å²) >= 11 is 0. The van der Waals surface area contributed by atoms with Crippen molar-refractivity contribution in [2.45, 2.75) is 33.1 Å². The van der Waals surface area contributed by atoms with Gasteiger partial charge in [0.1, 0.15) is 0 Å². The normalized spacial score (nSPS) is 15.8. The zero-order valence-electron chi connectivity index (χ0n) is 10.4. The molecule has 1 aliphatic rings. The summed E-state index contributed by atoms with van der Waals surface area (Å²) in [6, 6.07) is 6.03. The maximum absolute atomic E-state index is 12.2. The average molecular weight is 253 g/mol. The third-order valence-electron chi connectivity index (χ3n) is 3.18. The lowest BCUT2D eigenvalue weighted by molar-refractivity contribution is 0.585. The highest BCUT2D eigenvalue weighted by molar-refractivity contribution is 7.92. The standard InChI is InChI=1S/C13H19NO2S/c1-3-10-17(15,16)14-9-5-8-12-7-4-6-11(2)13(12)14/h4,6-7H,3,5,8-10H2,1-2H3. The molecule has 1 aromatic rings. The predicted octanol–water partition coefficient (Wildman–Crippen LogP) is 2.49. The lowest BCUT2D eigenvalue weighted by atomic mass is 10.0. The Morgan fingerprint density at radius 2 is 2.12 bits per heavy atom. The molecule has 0 fully saturated rings. The number of rotatable bonds is 3. The van der Waals surface area contributed by atoms with Crippen molar-refractivity contribution in [3.8, 4) is 0 Å². The first kappa shape index (κ1) is 12.4. The average Bonchev–Trinajstić information content (AvgIpc) is 2.28. The number of fused-ring (bicyclic) bond motifs is 1. The van der Waals surface area contributed by atoms with Gasteiger partial charge in [-0.05, 0) is 37.3 Å². The first-order valence-electron chi connectivity index (χ1n) is 6.15. The fourth-order valence-corrected chi connectivity index (χ4v) is 4.13. The van der Waals surface area contributed by atoms with Crippen LogP contribution in [0.4, 0.5) is 5.69 Å². The van der Waals surface area contributed by atoms with Crippen molar-refractivity contribution in [1.29, 1.82) is 0 Å². The summed E-state index contributed by atoms with van der Waals surface area (Å²) in [4.78, 5) is 0. The van der Waals surface area contributed by atoms with Crippen molar-refractivity contribution in [2.75, 3.05) is 16.6 Å². The van der Waals surface area contributed by atoms with Crippen LogP contribution in [-0.4, -0.2) is 20.7 Å². The summed E-state index contributed by atoms with van der Waals surface area (Å²) in [6.07, 6.45) is 2.56. The number of hydrogen-bond acceptors (Lipinski definition) is 2. The first-order chi connectivity index (χ1) is 8.06. The van der Waals surface area contributed by atoms with E-state index in [4.69, 9.17) is 0 Å². The molecule has 0 N–H and O–H groups in total. The lowest BCUT2D eigenvalue weighted by Gasteiger charge is -2.31. The fourth-order valence-electron chi connectivity index (χ4n) is 2.45. The highest BCUT2D eigenvalue weighted by atomic mass is 32.2. The maximum atomic E-state index is 12.2. The van der Waals surface area contributed by atoms with Crippen LogP contribution in [0.2, 0.25) is 0 Å². The van der Waals surface area contributed by atoms with Gasteiger partial charge in [0, 0.05) is 6.54 Å². The van der Waals surface area contributed by atoms with E-state index in [0.717, 1.165) is 29.7 Å². The maximum Gasteiger partial charge on any atom is 0.235 e. The minimum absolute atomic E-state index is 0.237. The Morgan fingerprint density at radius 1 is 1.35 bits per heavy atom. The summed E-state index contributed by atoms with van der Waals surface area (Å²) < 4.78 is 26.1. The molecule has 94 valence electrons. The number of aryl methyl sites for hydroxylation is 2. The van der Waals surface area contributed by atoms with Gasteiger partial charge in [-0.25, -0.2) is 8.42 Å². The second-order valence-electron chi connectivity index (χ2n) is 4.57. The highest BCUT2D eigenvalue weighted by Gasteiger charge is 2.27. The van der Waals surface area contributed by atoms with E-state index in [1.165, 1.54) is 0 Å². The molecule has 0 saturated carbocycles. The minimum atomic E-state index is -3.14. The number of sulfonamides is 1. The van der Waals surface area contributed by atoms with E-state index in [1.807, 2.05) is 32.0 Å². The number of hydrogen-bond donors (Lipinski definition) is 0. The van der Waals surface area contributed by atoms with Gasteiger partial charge in [0.2, 0.25) is 10.0 Å². The van der Waals surface area contributed by atoms with Crippen LogP contribution >= 0.6 is 0 Å². The molecule has 4 heteroatoms. The first-order valence-corrected chi connectivity index (χ1v) is 7.76. The fraction of sp³-hybridized carbons (Fsp3) is 0.538. The van der Waals surface area contributed by atoms with Gasteiger partial charge in [-0.15, -0.1) is 0 Å². The van der Waals surface area contributed by atoms with Crippen LogP contribution in [0.15, 0.2) is 18.2 Å². The van der Waals surface area contributed by atoms with Crippen LogP contribution in [0.3, 0.4) is 0 Å². The molecule has 0 aromatic heterocycles. The van der Waals surface area contributed by atoms with Crippen LogP contribution in [0.1, 0.15) is 30.9 Å². The summed E-state index contributed by atoms with van der Waals surface area (Å²) in [7, 11) is -3.14. The van der Waals surface area contributed by atoms with Crippen molar-refractivity contribution in [1.82, 2.24) is 0 Å². The van der Waals surface area contributed by atoms with Crippen LogP contribution < -0.4 is 4.31 Å². The van der Waals surface area contributed by atoms with Crippen molar-refractivity contribution >= 4 is 15.7 Å². The molecule has 0 unspecified atom stereocenters. The molecule has 1 aromatic carbocycles. The Labute approximate surface area is 104 Å². The summed E-state index contributed by atoms with van der Waals surface area (Å²) in [5, 5.41) is 0. The molecule has 0 saturated heterocycles. The Morgan fingerprint density at radius 3 is 2.82 bits per heavy atom. The number of para-hydroxylation sites is 1. The van der Waals surface area contributed by atoms with Crippen LogP contribution in [0.5, 0.6) is 0 Å². The van der Waals surface area contributed by atoms with Crippen molar-refractivity contribution in [2.24, 2.45) is 0 Å². The molecular formula is C13H19NO2S. The molecule has 17 heavy (non-hydrogen) atoms. The second-order valence-corrected chi connectivity index (χ2v) is 6.59. The van der Waals surface area contributed by atoms with E-state index in [0.29, 0.717) is 13.0 Å². The van der Waals surface area contributed by atoms with Crippen molar-refractivity contribution in [3.05, 3.63) is 29.3 Å². The molecule has 0 atom stereocenters. The summed E-state index contributed by atoms with van der Waals surface area (Å²) in [5.41, 5.74) is 3.14. The van der Waals surface area contributed by atoms with Crippen LogP contribution in [0, 0.1) is 6.92 Å². The molecule has 0 spiro atoms. The SMILES string of the molecule is CCCS(=O)(=O)N1CCCc2cccc(C)c21. The van der Waals surface area contributed by atoms with Gasteiger partial charge < -0.3 is 0 Å². The Hall–Kier alpha value is -1.03. The molecule has 0 aliphatic carbocycles. The Kier molecular flexibility index (Phi) is 3.43. The second kappa shape index (κ2) is 4.69. The zero-order valence-corrected chi connectivity index (χ0v) is 11.3. The molecule has 0 radical (unpaired) electrons. The minimum Gasteiger partial charge on any atom is -0.270 e. The third-order valence-corrected chi connectivity index (χ3v) is 5.14. The van der Waals surface area contributed by atoms with E-state index in [9.17, 15) is 8.42 Å². The van der Waals surface area contributed by atoms with E-state index < -0.39 is 10.0 Å². The molecule has 0 amide bonds. The van der Waals surface area contributed by atoms with Crippen LogP contribution in [0.25, 0.3) is 0 Å². The van der Waals surface area contributed by atoms with Crippen molar-refractivity contribution < 1.29 is 8.42 Å². The lowest BCUT2D eigenvalue weighted by Crippen LogP contribution is -2.37.